The largest absolute Gasteiger partial charge is 0.391 e. The minimum Gasteiger partial charge on any atom is -0.391 e. The summed E-state index contributed by atoms with van der Waals surface area (Å²) < 4.78 is 0. The van der Waals surface area contributed by atoms with Crippen molar-refractivity contribution in [3.8, 4) is 0 Å². The first-order valence-electron chi connectivity index (χ1n) is 5.45. The molecule has 1 unspecified atom stereocenters. The molecule has 0 aromatic heterocycles. The highest BCUT2D eigenvalue weighted by molar-refractivity contribution is 5.79. The van der Waals surface area contributed by atoms with E-state index in [2.05, 4.69) is 5.32 Å². The van der Waals surface area contributed by atoms with Gasteiger partial charge in [0.1, 0.15) is 0 Å². The van der Waals surface area contributed by atoms with E-state index in [0.29, 0.717) is 6.54 Å². The van der Waals surface area contributed by atoms with E-state index in [4.69, 9.17) is 0 Å². The van der Waals surface area contributed by atoms with Gasteiger partial charge in [-0.3, -0.25) is 4.79 Å². The molecule has 4 heteroatoms. The van der Waals surface area contributed by atoms with Gasteiger partial charge >= 0.3 is 0 Å². The third kappa shape index (κ3) is 2.07. The van der Waals surface area contributed by atoms with Gasteiger partial charge in [-0.15, -0.1) is 0 Å². The second-order valence-corrected chi connectivity index (χ2v) is 4.27. The molecule has 0 radical (unpaired) electrons. The van der Waals surface area contributed by atoms with Crippen LogP contribution < -0.4 is 5.32 Å². The number of carbonyl (C=O) groups is 1. The lowest BCUT2D eigenvalue weighted by Crippen LogP contribution is -2.42. The van der Waals surface area contributed by atoms with E-state index in [1.165, 1.54) is 0 Å². The van der Waals surface area contributed by atoms with Crippen LogP contribution in [0.1, 0.15) is 19.3 Å². The highest BCUT2D eigenvalue weighted by Crippen LogP contribution is 2.17. The SMILES string of the molecule is O=C([C@@H]1CCCNC1)N1CCC(O)C1. The van der Waals surface area contributed by atoms with Gasteiger partial charge in [0.15, 0.2) is 0 Å². The molecular weight excluding hydrogens is 180 g/mol. The van der Waals surface area contributed by atoms with Crippen LogP contribution in [0.4, 0.5) is 0 Å². The molecule has 0 bridgehead atoms. The van der Waals surface area contributed by atoms with Crippen LogP contribution in [0, 0.1) is 5.92 Å². The Bertz CT molecular complexity index is 207. The lowest BCUT2D eigenvalue weighted by molar-refractivity contribution is -0.135. The summed E-state index contributed by atoms with van der Waals surface area (Å²) in [4.78, 5) is 13.7. The Morgan fingerprint density at radius 2 is 2.29 bits per heavy atom. The van der Waals surface area contributed by atoms with Crippen LogP contribution in [-0.2, 0) is 4.79 Å². The summed E-state index contributed by atoms with van der Waals surface area (Å²) >= 11 is 0. The van der Waals surface area contributed by atoms with Crippen LogP contribution >= 0.6 is 0 Å². The molecule has 2 heterocycles. The van der Waals surface area contributed by atoms with Gasteiger partial charge in [0.25, 0.3) is 0 Å². The van der Waals surface area contributed by atoms with E-state index < -0.39 is 0 Å². The molecule has 2 aliphatic heterocycles. The third-order valence-electron chi connectivity index (χ3n) is 3.12. The number of amides is 1. The Labute approximate surface area is 84.3 Å². The minimum absolute atomic E-state index is 0.147. The number of nitrogens with one attached hydrogen (secondary N) is 1. The molecule has 2 atom stereocenters. The zero-order valence-electron chi connectivity index (χ0n) is 8.41. The third-order valence-corrected chi connectivity index (χ3v) is 3.12. The summed E-state index contributed by atoms with van der Waals surface area (Å²) in [7, 11) is 0. The fourth-order valence-electron chi connectivity index (χ4n) is 2.26. The van der Waals surface area contributed by atoms with Crippen molar-refractivity contribution in [3.63, 3.8) is 0 Å². The molecule has 0 aromatic carbocycles. The molecule has 2 rings (SSSR count). The Kier molecular flexibility index (Phi) is 3.03. The summed E-state index contributed by atoms with van der Waals surface area (Å²) in [6.07, 6.45) is 2.53. The summed E-state index contributed by atoms with van der Waals surface area (Å²) in [6, 6.07) is 0. The van der Waals surface area contributed by atoms with E-state index >= 15 is 0 Å². The summed E-state index contributed by atoms with van der Waals surface area (Å²) in [6.45, 7) is 3.11. The summed E-state index contributed by atoms with van der Waals surface area (Å²) in [5.74, 6) is 0.378. The van der Waals surface area contributed by atoms with Crippen molar-refractivity contribution < 1.29 is 9.90 Å². The zero-order chi connectivity index (χ0) is 9.97. The number of hydrogen-bond donors (Lipinski definition) is 2. The van der Waals surface area contributed by atoms with Crippen LogP contribution in [0.15, 0.2) is 0 Å². The molecular formula is C10H18N2O2. The number of piperidine rings is 1. The minimum atomic E-state index is -0.296. The second-order valence-electron chi connectivity index (χ2n) is 4.27. The second kappa shape index (κ2) is 4.28. The Morgan fingerprint density at radius 1 is 1.43 bits per heavy atom. The lowest BCUT2D eigenvalue weighted by Gasteiger charge is -2.26. The van der Waals surface area contributed by atoms with Crippen LogP contribution in [0.2, 0.25) is 0 Å². The molecule has 2 saturated heterocycles. The number of aliphatic hydroxyl groups excluding tert-OH is 1. The fourth-order valence-corrected chi connectivity index (χ4v) is 2.26. The van der Waals surface area contributed by atoms with Crippen molar-refractivity contribution in [1.29, 1.82) is 0 Å². The summed E-state index contributed by atoms with van der Waals surface area (Å²) in [5.41, 5.74) is 0. The van der Waals surface area contributed by atoms with Gasteiger partial charge < -0.3 is 15.3 Å². The molecule has 2 aliphatic rings. The molecule has 0 spiro atoms. The molecule has 0 aliphatic carbocycles. The van der Waals surface area contributed by atoms with Crippen molar-refractivity contribution in [2.45, 2.75) is 25.4 Å². The van der Waals surface area contributed by atoms with Gasteiger partial charge in [0.2, 0.25) is 5.91 Å². The Morgan fingerprint density at radius 3 is 2.86 bits per heavy atom. The molecule has 4 nitrogen and oxygen atoms in total. The van der Waals surface area contributed by atoms with Crippen LogP contribution in [-0.4, -0.2) is 48.2 Å². The number of likely N-dealkylation sites (tertiary alicyclic amines) is 1. The van der Waals surface area contributed by atoms with Gasteiger partial charge in [0.05, 0.1) is 12.0 Å². The van der Waals surface area contributed by atoms with Gasteiger partial charge in [-0.1, -0.05) is 0 Å². The number of hydrogen-bond acceptors (Lipinski definition) is 3. The van der Waals surface area contributed by atoms with Gasteiger partial charge in [-0.05, 0) is 25.8 Å². The number of carbonyl (C=O) groups excluding carboxylic acids is 1. The average Bonchev–Trinajstić information content (AvgIpc) is 2.65. The molecule has 1 amide bonds. The van der Waals surface area contributed by atoms with E-state index in [1.54, 1.807) is 0 Å². The molecule has 14 heavy (non-hydrogen) atoms. The van der Waals surface area contributed by atoms with Crippen LogP contribution in [0.5, 0.6) is 0 Å². The standard InChI is InChI=1S/C10H18N2O2/c13-9-3-5-12(7-9)10(14)8-2-1-4-11-6-8/h8-9,11,13H,1-7H2/t8-,9?/m1/s1. The van der Waals surface area contributed by atoms with Gasteiger partial charge in [-0.2, -0.15) is 0 Å². The van der Waals surface area contributed by atoms with Crippen molar-refractivity contribution in [1.82, 2.24) is 10.2 Å². The monoisotopic (exact) mass is 198 g/mol. The maximum atomic E-state index is 11.9. The fraction of sp³-hybridized carbons (Fsp3) is 0.900. The van der Waals surface area contributed by atoms with E-state index in [1.807, 2.05) is 4.90 Å². The molecule has 0 saturated carbocycles. The van der Waals surface area contributed by atoms with E-state index in [9.17, 15) is 9.90 Å². The first kappa shape index (κ1) is 9.93. The molecule has 80 valence electrons. The first-order chi connectivity index (χ1) is 6.77. The predicted octanol–water partition coefficient (Wildman–Crippen LogP) is -0.421. The van der Waals surface area contributed by atoms with E-state index in [-0.39, 0.29) is 17.9 Å². The molecule has 0 aromatic rings. The summed E-state index contributed by atoms with van der Waals surface area (Å²) in [5, 5.41) is 12.6. The van der Waals surface area contributed by atoms with Gasteiger partial charge in [-0.25, -0.2) is 0 Å². The smallest absolute Gasteiger partial charge is 0.227 e. The highest BCUT2D eigenvalue weighted by atomic mass is 16.3. The number of nitrogens with zero attached hydrogens (tertiary/aromatic N) is 1. The van der Waals surface area contributed by atoms with Crippen LogP contribution in [0.3, 0.4) is 0 Å². The number of rotatable bonds is 1. The molecule has 2 N–H and O–H groups in total. The number of aliphatic hydroxyl groups is 1. The quantitative estimate of drug-likeness (QED) is 0.601. The lowest BCUT2D eigenvalue weighted by atomic mass is 9.98. The Hall–Kier alpha value is -0.610. The van der Waals surface area contributed by atoms with Crippen molar-refractivity contribution in [2.75, 3.05) is 26.2 Å². The highest BCUT2D eigenvalue weighted by Gasteiger charge is 2.30. The predicted molar refractivity (Wildman–Crippen MR) is 52.8 cm³/mol. The van der Waals surface area contributed by atoms with E-state index in [0.717, 1.165) is 38.9 Å². The maximum absolute atomic E-state index is 11.9. The first-order valence-corrected chi connectivity index (χ1v) is 5.45. The molecule has 2 fully saturated rings. The van der Waals surface area contributed by atoms with Crippen molar-refractivity contribution in [2.24, 2.45) is 5.92 Å². The van der Waals surface area contributed by atoms with Gasteiger partial charge in [0, 0.05) is 19.6 Å². The topological polar surface area (TPSA) is 52.6 Å². The van der Waals surface area contributed by atoms with Crippen molar-refractivity contribution >= 4 is 5.91 Å². The zero-order valence-corrected chi connectivity index (χ0v) is 8.41. The normalized spacial score (nSPS) is 33.4. The van der Waals surface area contributed by atoms with Crippen molar-refractivity contribution in [3.05, 3.63) is 0 Å². The van der Waals surface area contributed by atoms with Crippen LogP contribution in [0.25, 0.3) is 0 Å². The Balaban J connectivity index is 1.87. The number of β-amino-alcohol motifs (C(OH)–C–C–N with tert-alkyl or cyclic N) is 1. The average molecular weight is 198 g/mol. The maximum Gasteiger partial charge on any atom is 0.227 e.